The van der Waals surface area contributed by atoms with Crippen LogP contribution >= 0.6 is 15.9 Å². The van der Waals surface area contributed by atoms with Crippen LogP contribution in [0.1, 0.15) is 24.8 Å². The molecule has 0 aromatic heterocycles. The highest BCUT2D eigenvalue weighted by atomic mass is 79.9. The average molecular weight is 327 g/mol. The summed E-state index contributed by atoms with van der Waals surface area (Å²) in [7, 11) is 0. The van der Waals surface area contributed by atoms with Crippen LogP contribution in [0, 0.1) is 17.7 Å². The van der Waals surface area contributed by atoms with Gasteiger partial charge in [0.2, 0.25) is 0 Å². The SMILES string of the molecule is NC1CCCC2CN(Cc3ccc(F)cc3Br)CC12. The first-order chi connectivity index (χ1) is 9.13. The minimum absolute atomic E-state index is 0.187. The Kier molecular flexibility index (Phi) is 3.92. The summed E-state index contributed by atoms with van der Waals surface area (Å²) in [5.74, 6) is 1.24. The maximum atomic E-state index is 13.1. The average Bonchev–Trinajstić information content (AvgIpc) is 2.77. The fourth-order valence-corrected chi connectivity index (χ4v) is 4.11. The summed E-state index contributed by atoms with van der Waals surface area (Å²) in [4.78, 5) is 2.47. The van der Waals surface area contributed by atoms with Gasteiger partial charge >= 0.3 is 0 Å². The number of nitrogens with zero attached hydrogens (tertiary/aromatic N) is 1. The topological polar surface area (TPSA) is 29.3 Å². The Hall–Kier alpha value is -0.450. The molecule has 2 N–H and O–H groups in total. The third-order valence-corrected chi connectivity index (χ3v) is 5.38. The monoisotopic (exact) mass is 326 g/mol. The van der Waals surface area contributed by atoms with E-state index in [0.29, 0.717) is 12.0 Å². The van der Waals surface area contributed by atoms with E-state index in [1.54, 1.807) is 6.07 Å². The van der Waals surface area contributed by atoms with Crippen LogP contribution in [-0.4, -0.2) is 24.0 Å². The maximum Gasteiger partial charge on any atom is 0.124 e. The van der Waals surface area contributed by atoms with E-state index >= 15 is 0 Å². The Morgan fingerprint density at radius 3 is 2.89 bits per heavy atom. The van der Waals surface area contributed by atoms with Gasteiger partial charge in [-0.15, -0.1) is 0 Å². The van der Waals surface area contributed by atoms with E-state index in [4.69, 9.17) is 5.73 Å². The lowest BCUT2D eigenvalue weighted by molar-refractivity contribution is 0.259. The van der Waals surface area contributed by atoms with Gasteiger partial charge in [-0.05, 0) is 42.4 Å². The highest BCUT2D eigenvalue weighted by Crippen LogP contribution is 2.36. The zero-order chi connectivity index (χ0) is 13.4. The lowest BCUT2D eigenvalue weighted by atomic mass is 9.78. The minimum Gasteiger partial charge on any atom is -0.327 e. The van der Waals surface area contributed by atoms with Gasteiger partial charge in [0, 0.05) is 30.1 Å². The number of halogens is 2. The van der Waals surface area contributed by atoms with Crippen molar-refractivity contribution in [2.24, 2.45) is 17.6 Å². The van der Waals surface area contributed by atoms with E-state index in [2.05, 4.69) is 20.8 Å². The molecular weight excluding hydrogens is 307 g/mol. The molecule has 1 aliphatic heterocycles. The molecule has 1 aromatic carbocycles. The first-order valence-corrected chi connectivity index (χ1v) is 7.84. The second-order valence-corrected chi connectivity index (χ2v) is 6.80. The van der Waals surface area contributed by atoms with Gasteiger partial charge in [0.05, 0.1) is 0 Å². The van der Waals surface area contributed by atoms with Crippen molar-refractivity contribution in [3.63, 3.8) is 0 Å². The number of likely N-dealkylation sites (tertiary alicyclic amines) is 1. The van der Waals surface area contributed by atoms with E-state index in [1.807, 2.05) is 6.07 Å². The molecule has 0 bridgehead atoms. The first-order valence-electron chi connectivity index (χ1n) is 7.05. The molecule has 1 heterocycles. The van der Waals surface area contributed by atoms with Crippen molar-refractivity contribution in [1.29, 1.82) is 0 Å². The molecule has 104 valence electrons. The number of hydrogen-bond acceptors (Lipinski definition) is 2. The van der Waals surface area contributed by atoms with Gasteiger partial charge < -0.3 is 5.73 Å². The molecule has 3 rings (SSSR count). The molecule has 1 saturated heterocycles. The maximum absolute atomic E-state index is 13.1. The molecule has 0 amide bonds. The van der Waals surface area contributed by atoms with Crippen LogP contribution in [0.2, 0.25) is 0 Å². The van der Waals surface area contributed by atoms with Crippen molar-refractivity contribution in [3.05, 3.63) is 34.1 Å². The van der Waals surface area contributed by atoms with Gasteiger partial charge in [-0.25, -0.2) is 4.39 Å². The Labute approximate surface area is 122 Å². The quantitative estimate of drug-likeness (QED) is 0.904. The third-order valence-electron chi connectivity index (χ3n) is 4.64. The first kappa shape index (κ1) is 13.5. The minimum atomic E-state index is -0.187. The predicted octanol–water partition coefficient (Wildman–Crippen LogP) is 3.15. The van der Waals surface area contributed by atoms with E-state index in [-0.39, 0.29) is 5.82 Å². The number of nitrogens with two attached hydrogens (primary N) is 1. The highest BCUT2D eigenvalue weighted by Gasteiger charge is 2.38. The van der Waals surface area contributed by atoms with Gasteiger partial charge in [0.15, 0.2) is 0 Å². The van der Waals surface area contributed by atoms with E-state index in [0.717, 1.165) is 35.6 Å². The summed E-state index contributed by atoms with van der Waals surface area (Å²) in [5.41, 5.74) is 7.40. The number of rotatable bonds is 2. The van der Waals surface area contributed by atoms with Crippen LogP contribution in [0.4, 0.5) is 4.39 Å². The summed E-state index contributed by atoms with van der Waals surface area (Å²) < 4.78 is 14.0. The van der Waals surface area contributed by atoms with Crippen molar-refractivity contribution in [1.82, 2.24) is 4.90 Å². The number of hydrogen-bond donors (Lipinski definition) is 1. The molecule has 2 aliphatic rings. The molecule has 4 heteroatoms. The van der Waals surface area contributed by atoms with Crippen molar-refractivity contribution in [2.45, 2.75) is 31.8 Å². The van der Waals surface area contributed by atoms with Gasteiger partial charge in [-0.2, -0.15) is 0 Å². The van der Waals surface area contributed by atoms with Crippen molar-refractivity contribution < 1.29 is 4.39 Å². The molecule has 3 atom stereocenters. The summed E-state index contributed by atoms with van der Waals surface area (Å²) in [6, 6.07) is 5.33. The van der Waals surface area contributed by atoms with Gasteiger partial charge in [0.1, 0.15) is 5.82 Å². The van der Waals surface area contributed by atoms with E-state index in [9.17, 15) is 4.39 Å². The van der Waals surface area contributed by atoms with Crippen molar-refractivity contribution in [3.8, 4) is 0 Å². The molecule has 0 radical (unpaired) electrons. The van der Waals surface area contributed by atoms with Crippen LogP contribution in [0.5, 0.6) is 0 Å². The summed E-state index contributed by atoms with van der Waals surface area (Å²) in [6.45, 7) is 3.12. The molecule has 3 unspecified atom stereocenters. The van der Waals surface area contributed by atoms with Gasteiger partial charge in [-0.1, -0.05) is 28.4 Å². The fraction of sp³-hybridized carbons (Fsp3) is 0.600. The zero-order valence-corrected chi connectivity index (χ0v) is 12.6. The van der Waals surface area contributed by atoms with Crippen molar-refractivity contribution >= 4 is 15.9 Å². The third kappa shape index (κ3) is 2.86. The predicted molar refractivity (Wildman–Crippen MR) is 78.2 cm³/mol. The van der Waals surface area contributed by atoms with Crippen molar-refractivity contribution in [2.75, 3.05) is 13.1 Å². The van der Waals surface area contributed by atoms with E-state index < -0.39 is 0 Å². The fourth-order valence-electron chi connectivity index (χ4n) is 3.63. The molecule has 2 nitrogen and oxygen atoms in total. The normalized spacial score (nSPS) is 31.4. The summed E-state index contributed by atoms with van der Waals surface area (Å²) in [5, 5.41) is 0. The second kappa shape index (κ2) is 5.51. The van der Waals surface area contributed by atoms with Crippen LogP contribution < -0.4 is 5.73 Å². The Bertz CT molecular complexity index is 465. The highest BCUT2D eigenvalue weighted by molar-refractivity contribution is 9.10. The smallest absolute Gasteiger partial charge is 0.124 e. The van der Waals surface area contributed by atoms with Crippen LogP contribution in [0.15, 0.2) is 22.7 Å². The van der Waals surface area contributed by atoms with Crippen LogP contribution in [-0.2, 0) is 6.54 Å². The van der Waals surface area contributed by atoms with Crippen LogP contribution in [0.3, 0.4) is 0 Å². The van der Waals surface area contributed by atoms with Crippen LogP contribution in [0.25, 0.3) is 0 Å². The molecule has 1 saturated carbocycles. The van der Waals surface area contributed by atoms with E-state index in [1.165, 1.54) is 25.3 Å². The number of benzene rings is 1. The Balaban J connectivity index is 1.68. The Morgan fingerprint density at radius 2 is 2.16 bits per heavy atom. The lowest BCUT2D eigenvalue weighted by Gasteiger charge is -2.29. The Morgan fingerprint density at radius 1 is 1.32 bits per heavy atom. The summed E-state index contributed by atoms with van der Waals surface area (Å²) >= 11 is 3.45. The molecule has 0 spiro atoms. The molecule has 2 fully saturated rings. The standard InChI is InChI=1S/C15H20BrFN2/c16-14-6-12(17)5-4-11(14)8-19-7-10-2-1-3-15(18)13(10)9-19/h4-6,10,13,15H,1-3,7-9,18H2. The molecule has 1 aromatic rings. The second-order valence-electron chi connectivity index (χ2n) is 5.95. The largest absolute Gasteiger partial charge is 0.327 e. The summed E-state index contributed by atoms with van der Waals surface area (Å²) in [6.07, 6.45) is 3.77. The zero-order valence-electron chi connectivity index (χ0n) is 11.0. The van der Waals surface area contributed by atoms with Gasteiger partial charge in [0.25, 0.3) is 0 Å². The molecule has 1 aliphatic carbocycles. The lowest BCUT2D eigenvalue weighted by Crippen LogP contribution is -2.38. The molecule has 19 heavy (non-hydrogen) atoms. The number of fused-ring (bicyclic) bond motifs is 1. The van der Waals surface area contributed by atoms with Gasteiger partial charge in [-0.3, -0.25) is 4.90 Å². The molecular formula is C15H20BrFN2.